The minimum Gasteiger partial charge on any atom is -0.480 e. The van der Waals surface area contributed by atoms with Crippen LogP contribution in [-0.2, 0) is 9.59 Å². The summed E-state index contributed by atoms with van der Waals surface area (Å²) in [6, 6.07) is 0. The van der Waals surface area contributed by atoms with Crippen LogP contribution in [-0.4, -0.2) is 29.1 Å². The number of aliphatic carboxylic acids is 1. The van der Waals surface area contributed by atoms with E-state index in [0.29, 0.717) is 19.4 Å². The summed E-state index contributed by atoms with van der Waals surface area (Å²) >= 11 is 0. The second-order valence-corrected chi connectivity index (χ2v) is 5.68. The van der Waals surface area contributed by atoms with Crippen LogP contribution in [0.2, 0.25) is 0 Å². The van der Waals surface area contributed by atoms with Crippen molar-refractivity contribution in [1.82, 2.24) is 5.32 Å². The highest BCUT2D eigenvalue weighted by Gasteiger charge is 2.29. The second kappa shape index (κ2) is 6.00. The molecule has 100 valence electrons. The normalized spacial score (nSPS) is 12.3. The van der Waals surface area contributed by atoms with Crippen LogP contribution in [0.5, 0.6) is 0 Å². The third-order valence-corrected chi connectivity index (χ3v) is 2.84. The van der Waals surface area contributed by atoms with E-state index in [1.165, 1.54) is 13.8 Å². The molecule has 0 radical (unpaired) electrons. The number of rotatable bonds is 7. The molecule has 0 aliphatic rings. The molecule has 17 heavy (non-hydrogen) atoms. The van der Waals surface area contributed by atoms with Gasteiger partial charge in [0.25, 0.3) is 0 Å². The number of carboxylic acids is 1. The van der Waals surface area contributed by atoms with Crippen molar-refractivity contribution >= 4 is 11.9 Å². The predicted octanol–water partition coefficient (Wildman–Crippen LogP) is 1.12. The fourth-order valence-corrected chi connectivity index (χ4v) is 1.43. The van der Waals surface area contributed by atoms with E-state index in [2.05, 4.69) is 19.2 Å². The molecule has 0 aliphatic heterocycles. The van der Waals surface area contributed by atoms with Gasteiger partial charge in [0, 0.05) is 6.42 Å². The summed E-state index contributed by atoms with van der Waals surface area (Å²) in [5, 5.41) is 11.4. The Morgan fingerprint density at radius 3 is 2.12 bits per heavy atom. The molecule has 5 heteroatoms. The van der Waals surface area contributed by atoms with Crippen LogP contribution >= 0.6 is 0 Å². The highest BCUT2D eigenvalue weighted by atomic mass is 16.4. The van der Waals surface area contributed by atoms with Gasteiger partial charge < -0.3 is 16.2 Å². The van der Waals surface area contributed by atoms with Crippen LogP contribution in [0.25, 0.3) is 0 Å². The molecule has 4 N–H and O–H groups in total. The molecular formula is C12H24N2O3. The standard InChI is InChI=1S/C12H24N2O3/c1-11(2,7-8-13)6-5-9(15)14-12(3,4)10(16)17/h5-8,13H2,1-4H3,(H,14,15)(H,16,17). The van der Waals surface area contributed by atoms with Gasteiger partial charge in [-0.3, -0.25) is 4.79 Å². The topological polar surface area (TPSA) is 92.4 Å². The smallest absolute Gasteiger partial charge is 0.328 e. The molecule has 0 saturated carbocycles. The average Bonchev–Trinajstić information content (AvgIpc) is 2.14. The monoisotopic (exact) mass is 244 g/mol. The largest absolute Gasteiger partial charge is 0.480 e. The van der Waals surface area contributed by atoms with Gasteiger partial charge in [-0.05, 0) is 38.6 Å². The van der Waals surface area contributed by atoms with Gasteiger partial charge in [-0.1, -0.05) is 13.8 Å². The van der Waals surface area contributed by atoms with Crippen LogP contribution in [0.3, 0.4) is 0 Å². The van der Waals surface area contributed by atoms with E-state index >= 15 is 0 Å². The number of amides is 1. The van der Waals surface area contributed by atoms with E-state index < -0.39 is 11.5 Å². The van der Waals surface area contributed by atoms with E-state index in [1.807, 2.05) is 0 Å². The van der Waals surface area contributed by atoms with Crippen molar-refractivity contribution in [2.24, 2.45) is 11.1 Å². The molecule has 0 aromatic rings. The van der Waals surface area contributed by atoms with Crippen LogP contribution < -0.4 is 11.1 Å². The summed E-state index contributed by atoms with van der Waals surface area (Å²) in [7, 11) is 0. The van der Waals surface area contributed by atoms with Gasteiger partial charge in [-0.15, -0.1) is 0 Å². The lowest BCUT2D eigenvalue weighted by molar-refractivity contribution is -0.146. The zero-order chi connectivity index (χ0) is 13.7. The van der Waals surface area contributed by atoms with Crippen LogP contribution in [0.4, 0.5) is 0 Å². The zero-order valence-corrected chi connectivity index (χ0v) is 11.2. The lowest BCUT2D eigenvalue weighted by Crippen LogP contribution is -2.49. The summed E-state index contributed by atoms with van der Waals surface area (Å²) in [6.45, 7) is 7.64. The third kappa shape index (κ3) is 6.26. The van der Waals surface area contributed by atoms with Crippen molar-refractivity contribution in [3.05, 3.63) is 0 Å². The van der Waals surface area contributed by atoms with E-state index in [1.54, 1.807) is 0 Å². The number of hydrogen-bond acceptors (Lipinski definition) is 3. The fourth-order valence-electron chi connectivity index (χ4n) is 1.43. The van der Waals surface area contributed by atoms with Gasteiger partial charge in [0.15, 0.2) is 0 Å². The first-order valence-corrected chi connectivity index (χ1v) is 5.85. The molecule has 0 aromatic heterocycles. The summed E-state index contributed by atoms with van der Waals surface area (Å²) in [5.74, 6) is -1.27. The zero-order valence-electron chi connectivity index (χ0n) is 11.2. The Hall–Kier alpha value is -1.10. The molecule has 0 fully saturated rings. The number of nitrogens with one attached hydrogen (secondary N) is 1. The summed E-state index contributed by atoms with van der Waals surface area (Å²) in [4.78, 5) is 22.4. The summed E-state index contributed by atoms with van der Waals surface area (Å²) in [5.41, 5.74) is 4.28. The Labute approximate surface area is 103 Å². The molecule has 1 amide bonds. The Bertz CT molecular complexity index is 285. The molecule has 0 atom stereocenters. The highest BCUT2D eigenvalue weighted by Crippen LogP contribution is 2.25. The molecule has 0 aromatic carbocycles. The first kappa shape index (κ1) is 15.9. The highest BCUT2D eigenvalue weighted by molar-refractivity contribution is 5.86. The molecule has 0 rings (SSSR count). The molecule has 0 unspecified atom stereocenters. The summed E-state index contributed by atoms with van der Waals surface area (Å²) in [6.07, 6.45) is 1.87. The van der Waals surface area contributed by atoms with Gasteiger partial charge in [-0.2, -0.15) is 0 Å². The minimum atomic E-state index is -1.21. The fraction of sp³-hybridized carbons (Fsp3) is 0.833. The quantitative estimate of drug-likeness (QED) is 0.625. The van der Waals surface area contributed by atoms with E-state index in [-0.39, 0.29) is 11.3 Å². The van der Waals surface area contributed by atoms with Crippen molar-refractivity contribution in [1.29, 1.82) is 0 Å². The first-order valence-electron chi connectivity index (χ1n) is 5.85. The maximum Gasteiger partial charge on any atom is 0.328 e. The Morgan fingerprint density at radius 1 is 1.18 bits per heavy atom. The van der Waals surface area contributed by atoms with Crippen LogP contribution in [0, 0.1) is 5.41 Å². The number of carbonyl (C=O) groups is 2. The first-order chi connectivity index (χ1) is 7.60. The molecule has 0 spiro atoms. The van der Waals surface area contributed by atoms with E-state index in [9.17, 15) is 9.59 Å². The number of carboxylic acid groups (broad SMARTS) is 1. The Balaban J connectivity index is 4.17. The lowest BCUT2D eigenvalue weighted by Gasteiger charge is -2.25. The van der Waals surface area contributed by atoms with E-state index in [0.717, 1.165) is 6.42 Å². The van der Waals surface area contributed by atoms with Crippen molar-refractivity contribution in [2.75, 3.05) is 6.54 Å². The predicted molar refractivity (Wildman–Crippen MR) is 66.5 cm³/mol. The van der Waals surface area contributed by atoms with Gasteiger partial charge in [0.1, 0.15) is 5.54 Å². The minimum absolute atomic E-state index is 0.0133. The van der Waals surface area contributed by atoms with Crippen molar-refractivity contribution < 1.29 is 14.7 Å². The van der Waals surface area contributed by atoms with Crippen molar-refractivity contribution in [3.8, 4) is 0 Å². The Kier molecular flexibility index (Phi) is 5.61. The molecule has 0 aliphatic carbocycles. The molecule has 0 saturated heterocycles. The number of carbonyl (C=O) groups excluding carboxylic acids is 1. The summed E-state index contributed by atoms with van der Waals surface area (Å²) < 4.78 is 0. The SMILES string of the molecule is CC(C)(CCN)CCC(=O)NC(C)(C)C(=O)O. The van der Waals surface area contributed by atoms with Crippen LogP contribution in [0.15, 0.2) is 0 Å². The molecular weight excluding hydrogens is 220 g/mol. The van der Waals surface area contributed by atoms with Gasteiger partial charge in [0.05, 0.1) is 0 Å². The lowest BCUT2D eigenvalue weighted by atomic mass is 9.84. The molecule has 0 bridgehead atoms. The van der Waals surface area contributed by atoms with E-state index in [4.69, 9.17) is 10.8 Å². The Morgan fingerprint density at radius 2 is 1.71 bits per heavy atom. The molecule has 0 heterocycles. The van der Waals surface area contributed by atoms with Gasteiger partial charge >= 0.3 is 5.97 Å². The molecule has 5 nitrogen and oxygen atoms in total. The van der Waals surface area contributed by atoms with Gasteiger partial charge in [-0.25, -0.2) is 4.79 Å². The van der Waals surface area contributed by atoms with Gasteiger partial charge in [0.2, 0.25) is 5.91 Å². The maximum atomic E-state index is 11.6. The second-order valence-electron chi connectivity index (χ2n) is 5.68. The maximum absolute atomic E-state index is 11.6. The van der Waals surface area contributed by atoms with Crippen molar-refractivity contribution in [3.63, 3.8) is 0 Å². The number of nitrogens with two attached hydrogens (primary N) is 1. The number of hydrogen-bond donors (Lipinski definition) is 3. The van der Waals surface area contributed by atoms with Crippen LogP contribution in [0.1, 0.15) is 47.0 Å². The average molecular weight is 244 g/mol. The third-order valence-electron chi connectivity index (χ3n) is 2.84. The van der Waals surface area contributed by atoms with Crippen molar-refractivity contribution in [2.45, 2.75) is 52.5 Å².